The van der Waals surface area contributed by atoms with Crippen LogP contribution < -0.4 is 4.72 Å². The molecule has 0 bridgehead atoms. The smallest absolute Gasteiger partial charge is 0.303 e. The maximum atomic E-state index is 11.6. The van der Waals surface area contributed by atoms with Gasteiger partial charge in [-0.2, -0.15) is 0 Å². The third kappa shape index (κ3) is 7.38. The van der Waals surface area contributed by atoms with E-state index in [2.05, 4.69) is 4.72 Å². The molecule has 0 aliphatic carbocycles. The number of hydrogen-bond acceptors (Lipinski definition) is 3. The Morgan fingerprint density at radius 1 is 1.21 bits per heavy atom. The van der Waals surface area contributed by atoms with E-state index in [1.54, 1.807) is 12.1 Å². The molecule has 1 aromatic rings. The highest BCUT2D eigenvalue weighted by atomic mass is 32.2. The first-order chi connectivity index (χ1) is 8.99. The van der Waals surface area contributed by atoms with Gasteiger partial charge >= 0.3 is 5.97 Å². The summed E-state index contributed by atoms with van der Waals surface area (Å²) >= 11 is 0. The summed E-state index contributed by atoms with van der Waals surface area (Å²) in [7, 11) is -3.46. The molecule has 1 rings (SSSR count). The maximum absolute atomic E-state index is 11.6. The number of unbranched alkanes of at least 4 members (excludes halogenated alkanes) is 1. The number of carbonyl (C=O) groups is 1. The number of aliphatic carboxylic acids is 1. The van der Waals surface area contributed by atoms with Crippen LogP contribution in [0, 0.1) is 0 Å². The zero-order chi connectivity index (χ0) is 14.1. The van der Waals surface area contributed by atoms with Gasteiger partial charge in [0.1, 0.15) is 0 Å². The molecule has 0 aliphatic rings. The van der Waals surface area contributed by atoms with Crippen LogP contribution in [0.4, 0.5) is 0 Å². The van der Waals surface area contributed by atoms with Crippen LogP contribution in [0.1, 0.15) is 24.8 Å². The zero-order valence-electron chi connectivity index (χ0n) is 10.5. The average Bonchev–Trinajstić information content (AvgIpc) is 2.37. The van der Waals surface area contributed by atoms with Gasteiger partial charge in [0.2, 0.25) is 10.0 Å². The SMILES string of the molecule is O=C(O)CCCCNS(=O)(=O)/C=C/c1ccccc1. The lowest BCUT2D eigenvalue weighted by Crippen LogP contribution is -2.22. The lowest BCUT2D eigenvalue weighted by atomic mass is 10.2. The van der Waals surface area contributed by atoms with E-state index in [1.165, 1.54) is 6.08 Å². The van der Waals surface area contributed by atoms with E-state index in [9.17, 15) is 13.2 Å². The number of nitrogens with one attached hydrogen (secondary N) is 1. The van der Waals surface area contributed by atoms with Gasteiger partial charge in [-0.1, -0.05) is 30.3 Å². The highest BCUT2D eigenvalue weighted by Gasteiger charge is 2.04. The molecule has 0 saturated heterocycles. The van der Waals surface area contributed by atoms with Crippen LogP contribution in [-0.2, 0) is 14.8 Å². The first kappa shape index (κ1) is 15.4. The monoisotopic (exact) mass is 283 g/mol. The summed E-state index contributed by atoms with van der Waals surface area (Å²) in [5, 5.41) is 9.54. The van der Waals surface area contributed by atoms with E-state index in [-0.39, 0.29) is 13.0 Å². The van der Waals surface area contributed by atoms with Crippen LogP contribution in [0.5, 0.6) is 0 Å². The van der Waals surface area contributed by atoms with Crippen molar-refractivity contribution in [2.45, 2.75) is 19.3 Å². The van der Waals surface area contributed by atoms with Crippen molar-refractivity contribution in [2.24, 2.45) is 0 Å². The Morgan fingerprint density at radius 2 is 1.89 bits per heavy atom. The Morgan fingerprint density at radius 3 is 2.53 bits per heavy atom. The van der Waals surface area contributed by atoms with Crippen LogP contribution in [0.25, 0.3) is 6.08 Å². The number of hydrogen-bond donors (Lipinski definition) is 2. The topological polar surface area (TPSA) is 83.5 Å². The third-order valence-corrected chi connectivity index (χ3v) is 3.46. The Balaban J connectivity index is 2.36. The van der Waals surface area contributed by atoms with Crippen molar-refractivity contribution in [2.75, 3.05) is 6.54 Å². The summed E-state index contributed by atoms with van der Waals surface area (Å²) in [4.78, 5) is 10.3. The Kier molecular flexibility index (Phi) is 6.24. The first-order valence-corrected chi connectivity index (χ1v) is 7.49. The first-order valence-electron chi connectivity index (χ1n) is 5.94. The van der Waals surface area contributed by atoms with Crippen molar-refractivity contribution in [3.63, 3.8) is 0 Å². The van der Waals surface area contributed by atoms with Crippen molar-refractivity contribution in [1.29, 1.82) is 0 Å². The Labute approximate surface area is 113 Å². The number of sulfonamides is 1. The standard InChI is InChI=1S/C13H17NO4S/c15-13(16)8-4-5-10-14-19(17,18)11-9-12-6-2-1-3-7-12/h1-3,6-7,9,11,14H,4-5,8,10H2,(H,15,16)/b11-9+. The lowest BCUT2D eigenvalue weighted by Gasteiger charge is -2.01. The molecule has 0 fully saturated rings. The molecule has 5 nitrogen and oxygen atoms in total. The van der Waals surface area contributed by atoms with Gasteiger partial charge < -0.3 is 5.11 Å². The molecule has 19 heavy (non-hydrogen) atoms. The predicted molar refractivity (Wildman–Crippen MR) is 73.9 cm³/mol. The maximum Gasteiger partial charge on any atom is 0.303 e. The molecule has 104 valence electrons. The Bertz CT molecular complexity index is 523. The minimum absolute atomic E-state index is 0.0571. The molecule has 0 aromatic heterocycles. The fourth-order valence-corrected chi connectivity index (χ4v) is 2.26. The van der Waals surface area contributed by atoms with E-state index in [1.807, 2.05) is 18.2 Å². The largest absolute Gasteiger partial charge is 0.481 e. The summed E-state index contributed by atoms with van der Waals surface area (Å²) in [5.74, 6) is -0.869. The van der Waals surface area contributed by atoms with E-state index >= 15 is 0 Å². The van der Waals surface area contributed by atoms with Crippen molar-refractivity contribution in [3.8, 4) is 0 Å². The quantitative estimate of drug-likeness (QED) is 0.713. The summed E-state index contributed by atoms with van der Waals surface area (Å²) in [6.07, 6.45) is 2.53. The van der Waals surface area contributed by atoms with Gasteiger partial charge in [0.15, 0.2) is 0 Å². The van der Waals surface area contributed by atoms with Crippen molar-refractivity contribution >= 4 is 22.1 Å². The highest BCUT2D eigenvalue weighted by molar-refractivity contribution is 7.92. The van der Waals surface area contributed by atoms with E-state index < -0.39 is 16.0 Å². The van der Waals surface area contributed by atoms with Crippen molar-refractivity contribution < 1.29 is 18.3 Å². The minimum Gasteiger partial charge on any atom is -0.481 e. The lowest BCUT2D eigenvalue weighted by molar-refractivity contribution is -0.137. The number of benzene rings is 1. The number of rotatable bonds is 8. The van der Waals surface area contributed by atoms with Crippen molar-refractivity contribution in [1.82, 2.24) is 4.72 Å². The predicted octanol–water partition coefficient (Wildman–Crippen LogP) is 1.83. The van der Waals surface area contributed by atoms with E-state index in [0.717, 1.165) is 11.0 Å². The van der Waals surface area contributed by atoms with Gasteiger partial charge in [-0.05, 0) is 24.5 Å². The van der Waals surface area contributed by atoms with E-state index in [4.69, 9.17) is 5.11 Å². The molecule has 1 aromatic carbocycles. The van der Waals surface area contributed by atoms with Gasteiger partial charge in [-0.3, -0.25) is 4.79 Å². The van der Waals surface area contributed by atoms with Crippen LogP contribution in [0.15, 0.2) is 35.7 Å². The van der Waals surface area contributed by atoms with Crippen LogP contribution >= 0.6 is 0 Å². The van der Waals surface area contributed by atoms with Crippen LogP contribution in [-0.4, -0.2) is 26.0 Å². The zero-order valence-corrected chi connectivity index (χ0v) is 11.3. The summed E-state index contributed by atoms with van der Waals surface area (Å²) in [6.45, 7) is 0.245. The average molecular weight is 283 g/mol. The fraction of sp³-hybridized carbons (Fsp3) is 0.308. The van der Waals surface area contributed by atoms with Gasteiger partial charge in [0.25, 0.3) is 0 Å². The normalized spacial score (nSPS) is 11.8. The number of carboxylic acids is 1. The van der Waals surface area contributed by atoms with E-state index in [0.29, 0.717) is 12.8 Å². The molecule has 2 N–H and O–H groups in total. The second-order valence-electron chi connectivity index (χ2n) is 4.00. The van der Waals surface area contributed by atoms with Crippen molar-refractivity contribution in [3.05, 3.63) is 41.3 Å². The second kappa shape index (κ2) is 7.70. The molecule has 6 heteroatoms. The summed E-state index contributed by atoms with van der Waals surface area (Å²) in [6, 6.07) is 9.11. The fourth-order valence-electron chi connectivity index (χ4n) is 1.40. The molecule has 0 heterocycles. The Hall–Kier alpha value is -1.66. The molecule has 0 amide bonds. The molecule has 0 radical (unpaired) electrons. The molecule has 0 aliphatic heterocycles. The summed E-state index contributed by atoms with van der Waals surface area (Å²) in [5.41, 5.74) is 0.804. The van der Waals surface area contributed by atoms with Gasteiger partial charge in [-0.15, -0.1) is 0 Å². The van der Waals surface area contributed by atoms with Crippen LogP contribution in [0.3, 0.4) is 0 Å². The molecule has 0 spiro atoms. The molecule has 0 saturated carbocycles. The highest BCUT2D eigenvalue weighted by Crippen LogP contribution is 2.03. The third-order valence-electron chi connectivity index (χ3n) is 2.36. The molecular weight excluding hydrogens is 266 g/mol. The van der Waals surface area contributed by atoms with Gasteiger partial charge in [0.05, 0.1) is 0 Å². The molecule has 0 unspecified atom stereocenters. The minimum atomic E-state index is -3.46. The van der Waals surface area contributed by atoms with Gasteiger partial charge in [-0.25, -0.2) is 13.1 Å². The molecule has 0 atom stereocenters. The van der Waals surface area contributed by atoms with Gasteiger partial charge in [0, 0.05) is 18.4 Å². The second-order valence-corrected chi connectivity index (χ2v) is 5.65. The molecular formula is C13H17NO4S. The van der Waals surface area contributed by atoms with Crippen LogP contribution in [0.2, 0.25) is 0 Å². The summed E-state index contributed by atoms with van der Waals surface area (Å²) < 4.78 is 25.6. The number of carboxylic acid groups (broad SMARTS) is 1.